The van der Waals surface area contributed by atoms with Crippen molar-refractivity contribution in [3.63, 3.8) is 0 Å². The second-order valence-electron chi connectivity index (χ2n) is 7.13. The van der Waals surface area contributed by atoms with Crippen LogP contribution in [-0.2, 0) is 18.3 Å². The number of methoxy groups -OCH3 is 1. The van der Waals surface area contributed by atoms with Gasteiger partial charge in [0, 0.05) is 33.4 Å². The van der Waals surface area contributed by atoms with Crippen LogP contribution < -0.4 is 5.69 Å². The molecule has 1 aliphatic rings. The van der Waals surface area contributed by atoms with E-state index in [1.54, 1.807) is 45.1 Å². The van der Waals surface area contributed by atoms with Gasteiger partial charge in [-0.15, -0.1) is 0 Å². The summed E-state index contributed by atoms with van der Waals surface area (Å²) >= 11 is 0. The van der Waals surface area contributed by atoms with Crippen LogP contribution >= 0.6 is 0 Å². The fraction of sp³-hybridized carbons (Fsp3) is 0.474. The smallest absolute Gasteiger partial charge is 0.330 e. The number of likely N-dealkylation sites (tertiary alicyclic amines) is 1. The van der Waals surface area contributed by atoms with Crippen molar-refractivity contribution in [1.82, 2.24) is 28.8 Å². The van der Waals surface area contributed by atoms with Gasteiger partial charge in [0.1, 0.15) is 5.69 Å². The molecule has 0 saturated carbocycles. The first-order valence-corrected chi connectivity index (χ1v) is 9.36. The molecule has 0 bridgehead atoms. The maximum absolute atomic E-state index is 13.1. The van der Waals surface area contributed by atoms with Crippen LogP contribution in [-0.4, -0.2) is 61.5 Å². The summed E-state index contributed by atoms with van der Waals surface area (Å²) in [6.07, 6.45) is 2.40. The highest BCUT2D eigenvalue weighted by Gasteiger charge is 2.32. The van der Waals surface area contributed by atoms with Crippen molar-refractivity contribution >= 4 is 17.1 Å². The summed E-state index contributed by atoms with van der Waals surface area (Å²) in [5, 5.41) is 4.26. The quantitative estimate of drug-likeness (QED) is 0.654. The van der Waals surface area contributed by atoms with Gasteiger partial charge in [-0.05, 0) is 31.5 Å². The van der Waals surface area contributed by atoms with E-state index >= 15 is 0 Å². The highest BCUT2D eigenvalue weighted by atomic mass is 16.5. The summed E-state index contributed by atoms with van der Waals surface area (Å²) in [5.74, 6) is -0.0604. The summed E-state index contributed by atoms with van der Waals surface area (Å²) in [7, 11) is 3.38. The minimum Gasteiger partial charge on any atom is -0.383 e. The molecule has 148 valence electrons. The molecule has 0 aromatic carbocycles. The van der Waals surface area contributed by atoms with Gasteiger partial charge < -0.3 is 9.64 Å². The zero-order valence-electron chi connectivity index (χ0n) is 16.3. The van der Waals surface area contributed by atoms with Gasteiger partial charge in [-0.1, -0.05) is 0 Å². The van der Waals surface area contributed by atoms with Crippen LogP contribution in [0.1, 0.15) is 28.6 Å². The van der Waals surface area contributed by atoms with Crippen LogP contribution in [0.5, 0.6) is 0 Å². The Morgan fingerprint density at radius 2 is 2.21 bits per heavy atom. The lowest BCUT2D eigenvalue weighted by molar-refractivity contribution is 0.0776. The molecule has 1 amide bonds. The molecular weight excluding hydrogens is 360 g/mol. The van der Waals surface area contributed by atoms with Crippen molar-refractivity contribution in [2.45, 2.75) is 25.9 Å². The highest BCUT2D eigenvalue weighted by Crippen LogP contribution is 2.25. The number of aryl methyl sites for hydroxylation is 2. The fourth-order valence-corrected chi connectivity index (χ4v) is 3.95. The van der Waals surface area contributed by atoms with E-state index < -0.39 is 0 Å². The first-order chi connectivity index (χ1) is 13.5. The molecule has 0 unspecified atom stereocenters. The van der Waals surface area contributed by atoms with Gasteiger partial charge in [-0.25, -0.2) is 9.78 Å². The molecule has 3 aromatic heterocycles. The number of rotatable bonds is 5. The standard InChI is InChI=1S/C19H24N6O3/c1-13-11-16(22(2)21-13)18(26)23-8-6-14(12-23)25-17-15(5-4-7-20-17)24(19(25)27)9-10-28-3/h4-5,7,11,14H,6,8-10,12H2,1-3H3/t14-/m1/s1. The van der Waals surface area contributed by atoms with Gasteiger partial charge in [0.2, 0.25) is 0 Å². The number of ether oxygens (including phenoxy) is 1. The van der Waals surface area contributed by atoms with E-state index in [1.807, 2.05) is 19.1 Å². The third-order valence-corrected chi connectivity index (χ3v) is 5.28. The highest BCUT2D eigenvalue weighted by molar-refractivity contribution is 5.93. The molecule has 1 atom stereocenters. The molecule has 4 rings (SSSR count). The topological polar surface area (TPSA) is 87.2 Å². The van der Waals surface area contributed by atoms with Crippen LogP contribution in [0, 0.1) is 6.92 Å². The molecule has 28 heavy (non-hydrogen) atoms. The van der Waals surface area contributed by atoms with Crippen LogP contribution in [0.4, 0.5) is 0 Å². The Morgan fingerprint density at radius 1 is 1.39 bits per heavy atom. The predicted octanol–water partition coefficient (Wildman–Crippen LogP) is 0.974. The van der Waals surface area contributed by atoms with Gasteiger partial charge in [0.25, 0.3) is 5.91 Å². The van der Waals surface area contributed by atoms with Crippen LogP contribution in [0.3, 0.4) is 0 Å². The molecule has 4 heterocycles. The molecule has 9 nitrogen and oxygen atoms in total. The summed E-state index contributed by atoms with van der Waals surface area (Å²) in [4.78, 5) is 32.2. The molecular formula is C19H24N6O3. The third kappa shape index (κ3) is 3.01. The molecule has 1 saturated heterocycles. The average molecular weight is 384 g/mol. The molecule has 1 aliphatic heterocycles. The Hall–Kier alpha value is -2.94. The van der Waals surface area contributed by atoms with E-state index in [4.69, 9.17) is 4.74 Å². The van der Waals surface area contributed by atoms with Crippen molar-refractivity contribution < 1.29 is 9.53 Å². The van der Waals surface area contributed by atoms with E-state index in [-0.39, 0.29) is 17.6 Å². The Bertz CT molecular complexity index is 1080. The molecule has 0 radical (unpaired) electrons. The van der Waals surface area contributed by atoms with Crippen LogP contribution in [0.25, 0.3) is 11.2 Å². The number of hydrogen-bond donors (Lipinski definition) is 0. The van der Waals surface area contributed by atoms with E-state index in [2.05, 4.69) is 10.1 Å². The fourth-order valence-electron chi connectivity index (χ4n) is 3.95. The maximum Gasteiger partial charge on any atom is 0.330 e. The van der Waals surface area contributed by atoms with Crippen LogP contribution in [0.15, 0.2) is 29.2 Å². The van der Waals surface area contributed by atoms with Crippen molar-refractivity contribution in [2.75, 3.05) is 26.8 Å². The summed E-state index contributed by atoms with van der Waals surface area (Å²) < 4.78 is 10.2. The average Bonchev–Trinajstić information content (AvgIpc) is 3.35. The van der Waals surface area contributed by atoms with E-state index in [0.717, 1.165) is 11.2 Å². The number of carbonyl (C=O) groups excluding carboxylic acids is 1. The molecule has 0 aliphatic carbocycles. The number of aromatic nitrogens is 5. The lowest BCUT2D eigenvalue weighted by Crippen LogP contribution is -2.33. The Kier molecular flexibility index (Phi) is 4.76. The number of fused-ring (bicyclic) bond motifs is 1. The predicted molar refractivity (Wildman–Crippen MR) is 103 cm³/mol. The SMILES string of the molecule is COCCn1c(=O)n([C@@H]2CCN(C(=O)c3cc(C)nn3C)C2)c2ncccc21. The van der Waals surface area contributed by atoms with Crippen molar-refractivity contribution in [3.05, 3.63) is 46.3 Å². The first kappa shape index (κ1) is 18.4. The van der Waals surface area contributed by atoms with Gasteiger partial charge in [0.15, 0.2) is 5.65 Å². The Morgan fingerprint density at radius 3 is 2.93 bits per heavy atom. The Balaban J connectivity index is 1.65. The second-order valence-corrected chi connectivity index (χ2v) is 7.13. The lowest BCUT2D eigenvalue weighted by atomic mass is 10.2. The molecule has 3 aromatic rings. The Labute approximate surface area is 162 Å². The van der Waals surface area contributed by atoms with E-state index in [0.29, 0.717) is 44.0 Å². The molecule has 9 heteroatoms. The summed E-state index contributed by atoms with van der Waals surface area (Å²) in [6, 6.07) is 5.41. The van der Waals surface area contributed by atoms with Crippen molar-refractivity contribution in [3.8, 4) is 0 Å². The number of imidazole rings is 1. The largest absolute Gasteiger partial charge is 0.383 e. The molecule has 1 fully saturated rings. The molecule has 0 spiro atoms. The number of amides is 1. The summed E-state index contributed by atoms with van der Waals surface area (Å²) in [5.41, 5.74) is 2.70. The number of hydrogen-bond acceptors (Lipinski definition) is 5. The lowest BCUT2D eigenvalue weighted by Gasteiger charge is -2.17. The van der Waals surface area contributed by atoms with E-state index in [1.165, 1.54) is 0 Å². The van der Waals surface area contributed by atoms with Crippen LogP contribution in [0.2, 0.25) is 0 Å². The zero-order chi connectivity index (χ0) is 19.8. The van der Waals surface area contributed by atoms with Gasteiger partial charge in [0.05, 0.1) is 30.4 Å². The monoisotopic (exact) mass is 384 g/mol. The van der Waals surface area contributed by atoms with Gasteiger partial charge in [-0.2, -0.15) is 5.10 Å². The van der Waals surface area contributed by atoms with Crippen molar-refractivity contribution in [1.29, 1.82) is 0 Å². The number of carbonyl (C=O) groups is 1. The maximum atomic E-state index is 13.1. The summed E-state index contributed by atoms with van der Waals surface area (Å²) in [6.45, 7) is 3.85. The second kappa shape index (κ2) is 7.23. The number of nitrogens with zero attached hydrogens (tertiary/aromatic N) is 6. The van der Waals surface area contributed by atoms with Gasteiger partial charge in [-0.3, -0.25) is 18.6 Å². The molecule has 0 N–H and O–H groups in total. The zero-order valence-corrected chi connectivity index (χ0v) is 16.3. The normalized spacial score (nSPS) is 17.0. The first-order valence-electron chi connectivity index (χ1n) is 9.36. The van der Waals surface area contributed by atoms with Crippen molar-refractivity contribution in [2.24, 2.45) is 7.05 Å². The van der Waals surface area contributed by atoms with E-state index in [9.17, 15) is 9.59 Å². The minimum atomic E-state index is -0.110. The minimum absolute atomic E-state index is 0.0604. The third-order valence-electron chi connectivity index (χ3n) is 5.28. The van der Waals surface area contributed by atoms with Gasteiger partial charge >= 0.3 is 5.69 Å². The number of pyridine rings is 1.